The van der Waals surface area contributed by atoms with Gasteiger partial charge in [-0.3, -0.25) is 0 Å². The van der Waals surface area contributed by atoms with Gasteiger partial charge in [0.2, 0.25) is 9.84 Å². The van der Waals surface area contributed by atoms with Crippen LogP contribution in [0, 0.1) is 24.1 Å². The molecule has 0 aliphatic heterocycles. The molecular formula is C25H18FN3O2S. The summed E-state index contributed by atoms with van der Waals surface area (Å²) in [4.78, 5) is -0.369. The molecule has 0 N–H and O–H groups in total. The van der Waals surface area contributed by atoms with Crippen LogP contribution in [-0.2, 0) is 9.84 Å². The number of halogens is 1. The summed E-state index contributed by atoms with van der Waals surface area (Å²) in [5, 5.41) is 14.3. The lowest BCUT2D eigenvalue weighted by Crippen LogP contribution is -2.03. The molecule has 1 aromatic heterocycles. The number of aromatic nitrogens is 2. The van der Waals surface area contributed by atoms with Crippen LogP contribution in [-0.4, -0.2) is 18.2 Å². The van der Waals surface area contributed by atoms with Gasteiger partial charge < -0.3 is 0 Å². The minimum absolute atomic E-state index is 0.0367. The Bertz CT molecular complexity index is 1430. The normalized spacial score (nSPS) is 11.8. The van der Waals surface area contributed by atoms with E-state index in [1.807, 2.05) is 43.3 Å². The first-order valence-corrected chi connectivity index (χ1v) is 11.2. The van der Waals surface area contributed by atoms with Gasteiger partial charge in [0, 0.05) is 17.3 Å². The zero-order valence-corrected chi connectivity index (χ0v) is 17.9. The minimum Gasteiger partial charge on any atom is -0.240 e. The van der Waals surface area contributed by atoms with E-state index in [4.69, 9.17) is 0 Å². The molecule has 3 aromatic carbocycles. The van der Waals surface area contributed by atoms with E-state index in [2.05, 4.69) is 5.10 Å². The lowest BCUT2D eigenvalue weighted by Gasteiger charge is -2.04. The van der Waals surface area contributed by atoms with E-state index in [9.17, 15) is 18.1 Å². The summed E-state index contributed by atoms with van der Waals surface area (Å²) in [7, 11) is -4.02. The lowest BCUT2D eigenvalue weighted by atomic mass is 10.1. The molecule has 5 nitrogen and oxygen atoms in total. The summed E-state index contributed by atoms with van der Waals surface area (Å²) in [5.41, 5.74) is 3.12. The van der Waals surface area contributed by atoms with E-state index >= 15 is 0 Å². The number of rotatable bonds is 5. The number of nitrogens with zero attached hydrogens (tertiary/aromatic N) is 3. The highest BCUT2D eigenvalue weighted by Crippen LogP contribution is 2.28. The van der Waals surface area contributed by atoms with Gasteiger partial charge in [0.25, 0.3) is 0 Å². The van der Waals surface area contributed by atoms with E-state index in [0.717, 1.165) is 11.3 Å². The maximum absolute atomic E-state index is 13.5. The van der Waals surface area contributed by atoms with Crippen LogP contribution < -0.4 is 0 Å². The van der Waals surface area contributed by atoms with Gasteiger partial charge in [-0.1, -0.05) is 35.9 Å². The summed E-state index contributed by atoms with van der Waals surface area (Å²) in [6.07, 6.45) is 2.95. The second-order valence-electron chi connectivity index (χ2n) is 7.16. The van der Waals surface area contributed by atoms with Crippen molar-refractivity contribution in [1.29, 1.82) is 5.26 Å². The zero-order valence-electron chi connectivity index (χ0n) is 17.1. The van der Waals surface area contributed by atoms with Crippen LogP contribution in [0.1, 0.15) is 11.1 Å². The highest BCUT2D eigenvalue weighted by molar-refractivity contribution is 7.95. The summed E-state index contributed by atoms with van der Waals surface area (Å²) < 4.78 is 41.2. The fourth-order valence-corrected chi connectivity index (χ4v) is 4.34. The third-order valence-corrected chi connectivity index (χ3v) is 6.58. The molecule has 0 fully saturated rings. The molecule has 7 heteroatoms. The first-order valence-electron chi connectivity index (χ1n) is 9.73. The van der Waals surface area contributed by atoms with E-state index in [-0.39, 0.29) is 4.90 Å². The third-order valence-electron chi connectivity index (χ3n) is 4.90. The van der Waals surface area contributed by atoms with Crippen molar-refractivity contribution in [2.75, 3.05) is 0 Å². The second-order valence-corrected chi connectivity index (χ2v) is 9.08. The molecule has 0 atom stereocenters. The number of sulfone groups is 1. The van der Waals surface area contributed by atoms with E-state index in [1.54, 1.807) is 35.1 Å². The number of para-hydroxylation sites is 1. The van der Waals surface area contributed by atoms with Crippen molar-refractivity contribution in [2.45, 2.75) is 11.8 Å². The molecular weight excluding hydrogens is 425 g/mol. The Kier molecular flexibility index (Phi) is 5.71. The Hall–Kier alpha value is -4.02. The molecule has 0 amide bonds. The van der Waals surface area contributed by atoms with Crippen molar-refractivity contribution in [2.24, 2.45) is 0 Å². The van der Waals surface area contributed by atoms with Crippen LogP contribution in [0.5, 0.6) is 0 Å². The molecule has 0 saturated heterocycles. The summed E-state index contributed by atoms with van der Waals surface area (Å²) >= 11 is 0. The molecule has 0 bridgehead atoms. The molecule has 0 unspecified atom stereocenters. The highest BCUT2D eigenvalue weighted by atomic mass is 32.2. The maximum Gasteiger partial charge on any atom is 0.216 e. The van der Waals surface area contributed by atoms with E-state index in [0.29, 0.717) is 16.8 Å². The van der Waals surface area contributed by atoms with Crippen molar-refractivity contribution in [3.05, 3.63) is 107 Å². The smallest absolute Gasteiger partial charge is 0.216 e. The quantitative estimate of drug-likeness (QED) is 0.391. The van der Waals surface area contributed by atoms with Crippen LogP contribution in [0.2, 0.25) is 0 Å². The molecule has 0 aliphatic carbocycles. The van der Waals surface area contributed by atoms with Gasteiger partial charge in [-0.25, -0.2) is 17.5 Å². The van der Waals surface area contributed by atoms with Crippen LogP contribution >= 0.6 is 0 Å². The van der Waals surface area contributed by atoms with Gasteiger partial charge in [0.05, 0.1) is 10.6 Å². The Morgan fingerprint density at radius 3 is 2.28 bits per heavy atom. The first-order chi connectivity index (χ1) is 15.4. The molecule has 0 saturated carbocycles. The number of aryl methyl sites for hydroxylation is 1. The fourth-order valence-electron chi connectivity index (χ4n) is 3.19. The second kappa shape index (κ2) is 8.61. The average Bonchev–Trinajstić information content (AvgIpc) is 3.22. The number of hydrogen-bond donors (Lipinski definition) is 0. The lowest BCUT2D eigenvalue weighted by molar-refractivity contribution is 0.603. The Balaban J connectivity index is 1.88. The predicted molar refractivity (Wildman–Crippen MR) is 121 cm³/mol. The zero-order chi connectivity index (χ0) is 22.7. The van der Waals surface area contributed by atoms with Gasteiger partial charge in [-0.05, 0) is 61.5 Å². The van der Waals surface area contributed by atoms with Crippen LogP contribution in [0.25, 0.3) is 23.0 Å². The number of allylic oxidation sites excluding steroid dienone is 1. The molecule has 158 valence electrons. The van der Waals surface area contributed by atoms with E-state index < -0.39 is 20.6 Å². The number of nitriles is 1. The summed E-state index contributed by atoms with van der Waals surface area (Å²) in [5.74, 6) is -0.395. The molecule has 0 aliphatic rings. The monoisotopic (exact) mass is 443 g/mol. The topological polar surface area (TPSA) is 75.8 Å². The molecule has 0 spiro atoms. The molecule has 4 aromatic rings. The van der Waals surface area contributed by atoms with Crippen LogP contribution in [0.15, 0.2) is 94.9 Å². The molecule has 1 heterocycles. The SMILES string of the molecule is Cc1ccc(S(=O)(=O)/C(C#N)=C/c2cn(-c3ccccc3)nc2-c2ccc(F)cc2)cc1. The highest BCUT2D eigenvalue weighted by Gasteiger charge is 2.22. The van der Waals surface area contributed by atoms with Crippen molar-refractivity contribution in [3.63, 3.8) is 0 Å². The number of benzene rings is 3. The van der Waals surface area contributed by atoms with Gasteiger partial charge in [-0.2, -0.15) is 10.4 Å². The Morgan fingerprint density at radius 1 is 1.00 bits per heavy atom. The van der Waals surface area contributed by atoms with Crippen LogP contribution in [0.3, 0.4) is 0 Å². The van der Waals surface area contributed by atoms with Gasteiger partial charge in [0.1, 0.15) is 22.5 Å². The maximum atomic E-state index is 13.5. The summed E-state index contributed by atoms with van der Waals surface area (Å²) in [6.45, 7) is 1.85. The van der Waals surface area contributed by atoms with Crippen molar-refractivity contribution in [1.82, 2.24) is 9.78 Å². The van der Waals surface area contributed by atoms with Gasteiger partial charge >= 0.3 is 0 Å². The number of hydrogen-bond acceptors (Lipinski definition) is 4. The molecule has 32 heavy (non-hydrogen) atoms. The van der Waals surface area contributed by atoms with Gasteiger partial charge in [-0.15, -0.1) is 0 Å². The van der Waals surface area contributed by atoms with Crippen LogP contribution in [0.4, 0.5) is 4.39 Å². The van der Waals surface area contributed by atoms with Crippen molar-refractivity contribution < 1.29 is 12.8 Å². The van der Waals surface area contributed by atoms with Gasteiger partial charge in [0.15, 0.2) is 0 Å². The van der Waals surface area contributed by atoms with Crippen molar-refractivity contribution in [3.8, 4) is 23.0 Å². The molecule has 0 radical (unpaired) electrons. The van der Waals surface area contributed by atoms with E-state index in [1.165, 1.54) is 30.3 Å². The molecule has 4 rings (SSSR count). The largest absolute Gasteiger partial charge is 0.240 e. The fraction of sp³-hybridized carbons (Fsp3) is 0.0400. The summed E-state index contributed by atoms with van der Waals surface area (Å²) in [6, 6.07) is 23.1. The first kappa shape index (κ1) is 21.2. The minimum atomic E-state index is -4.02. The Morgan fingerprint density at radius 2 is 1.66 bits per heavy atom. The third kappa shape index (κ3) is 4.22. The Labute approximate surface area is 185 Å². The van der Waals surface area contributed by atoms with Crippen molar-refractivity contribution >= 4 is 15.9 Å². The standard InChI is InChI=1S/C25H18FN3O2S/c1-18-7-13-23(14-8-18)32(30,31)24(16-27)15-20-17-29(22-5-3-2-4-6-22)28-25(20)19-9-11-21(26)12-10-19/h2-15,17H,1H3/b24-15+. The predicted octanol–water partition coefficient (Wildman–Crippen LogP) is 5.33. The average molecular weight is 444 g/mol.